The lowest BCUT2D eigenvalue weighted by molar-refractivity contribution is 0.703. The summed E-state index contributed by atoms with van der Waals surface area (Å²) in [6, 6.07) is 0. The highest BCUT2D eigenvalue weighted by Gasteiger charge is 2.17. The Labute approximate surface area is 119 Å². The molecule has 20 heavy (non-hydrogen) atoms. The van der Waals surface area contributed by atoms with E-state index in [2.05, 4.69) is 10.4 Å². The summed E-state index contributed by atoms with van der Waals surface area (Å²) in [6.45, 7) is 2.04. The Kier molecular flexibility index (Phi) is 3.69. The molecule has 2 heterocycles. The number of rotatable bonds is 3. The van der Waals surface area contributed by atoms with E-state index in [4.69, 9.17) is 17.4 Å². The van der Waals surface area contributed by atoms with Gasteiger partial charge in [-0.1, -0.05) is 17.7 Å². The van der Waals surface area contributed by atoms with Gasteiger partial charge in [-0.15, -0.1) is 0 Å². The fourth-order valence-electron chi connectivity index (χ4n) is 1.95. The second-order valence-corrected chi connectivity index (χ2v) is 4.96. The number of imidazole rings is 1. The van der Waals surface area contributed by atoms with Gasteiger partial charge in [0.2, 0.25) is 5.95 Å². The highest BCUT2D eigenvalue weighted by atomic mass is 35.5. The number of halogens is 1. The van der Waals surface area contributed by atoms with Gasteiger partial charge >= 0.3 is 5.69 Å². The lowest BCUT2D eigenvalue weighted by Gasteiger charge is -2.06. The molecule has 9 heteroatoms. The van der Waals surface area contributed by atoms with Crippen LogP contribution in [0.25, 0.3) is 11.2 Å². The van der Waals surface area contributed by atoms with Crippen LogP contribution in [0.4, 0.5) is 5.95 Å². The Morgan fingerprint density at radius 3 is 2.60 bits per heavy atom. The van der Waals surface area contributed by atoms with E-state index in [0.29, 0.717) is 11.6 Å². The number of hydrogen-bond acceptors (Lipinski definition) is 5. The maximum atomic E-state index is 12.3. The predicted molar refractivity (Wildman–Crippen MR) is 77.6 cm³/mol. The minimum absolute atomic E-state index is 0.270. The van der Waals surface area contributed by atoms with Crippen LogP contribution >= 0.6 is 11.6 Å². The minimum atomic E-state index is -0.445. The lowest BCUT2D eigenvalue weighted by Crippen LogP contribution is -2.37. The molecular weight excluding hydrogens is 284 g/mol. The Balaban J connectivity index is 2.89. The van der Waals surface area contributed by atoms with Gasteiger partial charge in [-0.25, -0.2) is 10.6 Å². The monoisotopic (exact) mass is 298 g/mol. The number of allylic oxidation sites excluding steroid dienone is 2. The van der Waals surface area contributed by atoms with Crippen LogP contribution in [0.15, 0.2) is 20.7 Å². The molecule has 0 saturated carbocycles. The lowest BCUT2D eigenvalue weighted by atomic mass is 10.4. The number of aromatic nitrogens is 4. The topological polar surface area (TPSA) is 99.9 Å². The molecule has 108 valence electrons. The van der Waals surface area contributed by atoms with E-state index in [0.717, 1.165) is 4.57 Å². The SMILES string of the molecule is CC(Cl)=CCn1c(NN)nc2c1c(=O)n(C)c(=O)n2C. The molecule has 2 aromatic heterocycles. The van der Waals surface area contributed by atoms with Crippen molar-refractivity contribution in [3.63, 3.8) is 0 Å². The quantitative estimate of drug-likeness (QED) is 0.607. The van der Waals surface area contributed by atoms with Crippen molar-refractivity contribution in [3.05, 3.63) is 31.9 Å². The second kappa shape index (κ2) is 5.14. The normalized spacial score (nSPS) is 12.2. The van der Waals surface area contributed by atoms with Gasteiger partial charge in [0.1, 0.15) is 0 Å². The Morgan fingerprint density at radius 2 is 2.05 bits per heavy atom. The molecule has 0 fully saturated rings. The van der Waals surface area contributed by atoms with E-state index in [1.165, 1.54) is 11.6 Å². The number of hydrazine groups is 1. The first kappa shape index (κ1) is 14.4. The molecule has 0 saturated heterocycles. The molecule has 0 amide bonds. The van der Waals surface area contributed by atoms with Crippen LogP contribution < -0.4 is 22.5 Å². The van der Waals surface area contributed by atoms with Crippen LogP contribution in [0.3, 0.4) is 0 Å². The van der Waals surface area contributed by atoms with Gasteiger partial charge < -0.3 is 0 Å². The van der Waals surface area contributed by atoms with Crippen molar-refractivity contribution in [2.45, 2.75) is 13.5 Å². The highest BCUT2D eigenvalue weighted by Crippen LogP contribution is 2.15. The van der Waals surface area contributed by atoms with Gasteiger partial charge in [-0.2, -0.15) is 4.98 Å². The van der Waals surface area contributed by atoms with Crippen LogP contribution in [0.2, 0.25) is 0 Å². The van der Waals surface area contributed by atoms with Crippen molar-refractivity contribution in [1.29, 1.82) is 0 Å². The number of fused-ring (bicyclic) bond motifs is 1. The third-order valence-corrected chi connectivity index (χ3v) is 3.19. The summed E-state index contributed by atoms with van der Waals surface area (Å²) >= 11 is 5.81. The Bertz CT molecular complexity index is 809. The molecule has 0 radical (unpaired) electrons. The second-order valence-electron chi connectivity index (χ2n) is 4.36. The van der Waals surface area contributed by atoms with Crippen molar-refractivity contribution >= 4 is 28.7 Å². The van der Waals surface area contributed by atoms with Crippen LogP contribution in [0.1, 0.15) is 6.92 Å². The third-order valence-electron chi connectivity index (χ3n) is 3.03. The van der Waals surface area contributed by atoms with Crippen LogP contribution in [-0.2, 0) is 20.6 Å². The van der Waals surface area contributed by atoms with E-state index in [1.807, 2.05) is 0 Å². The van der Waals surface area contributed by atoms with Gasteiger partial charge in [0, 0.05) is 25.7 Å². The predicted octanol–water partition coefficient (Wildman–Crippen LogP) is -0.138. The van der Waals surface area contributed by atoms with Crippen LogP contribution in [0.5, 0.6) is 0 Å². The maximum absolute atomic E-state index is 12.3. The minimum Gasteiger partial charge on any atom is -0.299 e. The largest absolute Gasteiger partial charge is 0.332 e. The fraction of sp³-hybridized carbons (Fsp3) is 0.364. The van der Waals surface area contributed by atoms with E-state index in [1.54, 1.807) is 24.6 Å². The zero-order valence-corrected chi connectivity index (χ0v) is 12.1. The van der Waals surface area contributed by atoms with Gasteiger partial charge in [-0.05, 0) is 6.92 Å². The van der Waals surface area contributed by atoms with Gasteiger partial charge in [0.25, 0.3) is 5.56 Å². The third kappa shape index (κ3) is 2.12. The molecule has 0 unspecified atom stereocenters. The van der Waals surface area contributed by atoms with Crippen molar-refractivity contribution in [2.24, 2.45) is 19.9 Å². The first-order valence-electron chi connectivity index (χ1n) is 5.83. The summed E-state index contributed by atoms with van der Waals surface area (Å²) in [5.74, 6) is 5.70. The number of aryl methyl sites for hydroxylation is 1. The van der Waals surface area contributed by atoms with Crippen molar-refractivity contribution in [2.75, 3.05) is 5.43 Å². The zero-order chi connectivity index (χ0) is 15.0. The standard InChI is InChI=1S/C11H15ClN6O2/c1-6(12)4-5-18-7-8(14-10(18)15-13)16(2)11(20)17(3)9(7)19/h4H,5,13H2,1-3H3,(H,14,15). The molecule has 8 nitrogen and oxygen atoms in total. The highest BCUT2D eigenvalue weighted by molar-refractivity contribution is 6.29. The molecule has 0 bridgehead atoms. The number of hydrogen-bond donors (Lipinski definition) is 2. The summed E-state index contributed by atoms with van der Waals surface area (Å²) in [5, 5.41) is 0.580. The molecule has 0 aromatic carbocycles. The van der Waals surface area contributed by atoms with Crippen LogP contribution in [0, 0.1) is 0 Å². The molecule has 0 aliphatic rings. The molecule has 0 atom stereocenters. The average Bonchev–Trinajstić information content (AvgIpc) is 2.79. The molecule has 0 aliphatic heterocycles. The van der Waals surface area contributed by atoms with E-state index < -0.39 is 11.2 Å². The summed E-state index contributed by atoms with van der Waals surface area (Å²) < 4.78 is 3.90. The molecule has 3 N–H and O–H groups in total. The maximum Gasteiger partial charge on any atom is 0.332 e. The number of nitrogens with one attached hydrogen (secondary N) is 1. The average molecular weight is 299 g/mol. The van der Waals surface area contributed by atoms with Crippen molar-refractivity contribution < 1.29 is 0 Å². The molecule has 2 rings (SSSR count). The Morgan fingerprint density at radius 1 is 1.40 bits per heavy atom. The van der Waals surface area contributed by atoms with Gasteiger partial charge in [0.05, 0.1) is 0 Å². The number of nitrogens with two attached hydrogens (primary N) is 1. The fourth-order valence-corrected chi connectivity index (χ4v) is 2.02. The number of nitrogen functional groups attached to an aromatic ring is 1. The zero-order valence-electron chi connectivity index (χ0n) is 11.3. The first-order chi connectivity index (χ1) is 9.38. The molecule has 0 aliphatic carbocycles. The summed E-state index contributed by atoms with van der Waals surface area (Å²) in [6.07, 6.45) is 1.72. The number of nitrogens with zero attached hydrogens (tertiary/aromatic N) is 4. The Hall–Kier alpha value is -2.06. The van der Waals surface area contributed by atoms with E-state index >= 15 is 0 Å². The summed E-state index contributed by atoms with van der Waals surface area (Å²) in [4.78, 5) is 28.3. The smallest absolute Gasteiger partial charge is 0.299 e. The van der Waals surface area contributed by atoms with Crippen LogP contribution in [-0.4, -0.2) is 18.7 Å². The van der Waals surface area contributed by atoms with E-state index in [9.17, 15) is 9.59 Å². The summed E-state index contributed by atoms with van der Waals surface area (Å²) in [5.41, 5.74) is 2.10. The molecule has 0 spiro atoms. The summed E-state index contributed by atoms with van der Waals surface area (Å²) in [7, 11) is 2.96. The van der Waals surface area contributed by atoms with Crippen molar-refractivity contribution in [3.8, 4) is 0 Å². The first-order valence-corrected chi connectivity index (χ1v) is 6.21. The van der Waals surface area contributed by atoms with Crippen molar-refractivity contribution in [1.82, 2.24) is 18.7 Å². The van der Waals surface area contributed by atoms with E-state index in [-0.39, 0.29) is 17.1 Å². The van der Waals surface area contributed by atoms with Gasteiger partial charge in [0.15, 0.2) is 11.2 Å². The number of anilines is 1. The van der Waals surface area contributed by atoms with Gasteiger partial charge in [-0.3, -0.25) is 23.9 Å². The molecular formula is C11H15ClN6O2. The molecule has 2 aromatic rings.